The van der Waals surface area contributed by atoms with E-state index in [0.717, 1.165) is 0 Å². The van der Waals surface area contributed by atoms with Crippen LogP contribution in [0.4, 0.5) is 0 Å². The molecule has 8 heteroatoms. The highest BCUT2D eigenvalue weighted by Gasteiger charge is 2.08. The van der Waals surface area contributed by atoms with E-state index in [0.29, 0.717) is 11.3 Å². The number of rotatable bonds is 8. The molecule has 0 aliphatic rings. The number of benzene rings is 1. The van der Waals surface area contributed by atoms with Crippen LogP contribution in [0.5, 0.6) is 5.75 Å². The smallest absolute Gasteiger partial charge is 0.248 e. The Hall–Kier alpha value is -2.50. The van der Waals surface area contributed by atoms with Crippen LogP contribution in [0.3, 0.4) is 0 Å². The van der Waals surface area contributed by atoms with Crippen molar-refractivity contribution in [3.05, 3.63) is 29.8 Å². The quantitative estimate of drug-likeness (QED) is 0.314. The minimum absolute atomic E-state index is 0.0120. The van der Waals surface area contributed by atoms with Gasteiger partial charge >= 0.3 is 0 Å². The monoisotopic (exact) mass is 301 g/mol. The van der Waals surface area contributed by atoms with E-state index in [2.05, 4.69) is 17.1 Å². The van der Waals surface area contributed by atoms with Gasteiger partial charge in [0.05, 0.1) is 6.54 Å². The highest BCUT2D eigenvalue weighted by Crippen LogP contribution is 2.13. The zero-order valence-corrected chi connectivity index (χ0v) is 11.9. The van der Waals surface area contributed by atoms with Crippen molar-refractivity contribution in [3.8, 4) is 17.5 Å². The van der Waals surface area contributed by atoms with E-state index in [9.17, 15) is 9.59 Å². The number of hydrogen-bond acceptors (Lipinski definition) is 5. The van der Waals surface area contributed by atoms with Crippen molar-refractivity contribution in [2.45, 2.75) is 6.23 Å². The molecule has 22 heavy (non-hydrogen) atoms. The molecule has 0 saturated heterocycles. The number of nitrogens with two attached hydrogens (primary N) is 2. The molecule has 1 rings (SSSR count). The maximum Gasteiger partial charge on any atom is 0.248 e. The fourth-order valence-corrected chi connectivity index (χ4v) is 1.39. The fourth-order valence-electron chi connectivity index (χ4n) is 1.39. The van der Waals surface area contributed by atoms with E-state index in [1.165, 1.54) is 6.07 Å². The van der Waals surface area contributed by atoms with Gasteiger partial charge in [0.2, 0.25) is 11.8 Å². The number of ether oxygens (including phenoxy) is 2. The van der Waals surface area contributed by atoms with Gasteiger partial charge in [-0.25, -0.2) is 0 Å². The summed E-state index contributed by atoms with van der Waals surface area (Å²) in [5.41, 5.74) is 11.1. The molecule has 0 saturated carbocycles. The number of nitrogens with one attached hydrogen (secondary N) is 1. The zero-order valence-electron chi connectivity index (χ0n) is 11.9. The minimum Gasteiger partial charge on any atom is -0.489 e. The first-order valence-corrected chi connectivity index (χ1v) is 6.38. The maximum absolute atomic E-state index is 11.3. The standard InChI is InChI=1S/C14H16BN3O4/c15-5-2-6-18-13(19)9-22-12(16)8-21-11-4-1-3-10(7-11)14(17)20/h1,3-4,7,12H,6,8-9,16H2,(H2,17,20)(H,18,19). The van der Waals surface area contributed by atoms with Gasteiger partial charge in [0.15, 0.2) is 7.85 Å². The van der Waals surface area contributed by atoms with Gasteiger partial charge in [0.25, 0.3) is 0 Å². The summed E-state index contributed by atoms with van der Waals surface area (Å²) in [5.74, 6) is 4.14. The molecule has 1 aromatic carbocycles. The van der Waals surface area contributed by atoms with Crippen molar-refractivity contribution in [2.75, 3.05) is 19.8 Å². The molecule has 0 heterocycles. The Bertz CT molecular complexity index is 583. The van der Waals surface area contributed by atoms with Gasteiger partial charge in [-0.15, -0.1) is 0 Å². The number of carbonyl (C=O) groups excluding carboxylic acids is 2. The lowest BCUT2D eigenvalue weighted by Crippen LogP contribution is -2.36. The van der Waals surface area contributed by atoms with Crippen molar-refractivity contribution in [1.29, 1.82) is 0 Å². The first-order valence-electron chi connectivity index (χ1n) is 6.38. The van der Waals surface area contributed by atoms with E-state index in [1.807, 2.05) is 0 Å². The van der Waals surface area contributed by atoms with E-state index in [4.69, 9.17) is 28.8 Å². The van der Waals surface area contributed by atoms with Crippen molar-refractivity contribution in [1.82, 2.24) is 5.32 Å². The molecule has 2 amide bonds. The van der Waals surface area contributed by atoms with Crippen molar-refractivity contribution >= 4 is 19.7 Å². The molecule has 2 radical (unpaired) electrons. The summed E-state index contributed by atoms with van der Waals surface area (Å²) < 4.78 is 10.5. The fraction of sp³-hybridized carbons (Fsp3) is 0.286. The van der Waals surface area contributed by atoms with Crippen LogP contribution in [0.15, 0.2) is 24.3 Å². The molecular formula is C14H16BN3O4. The minimum atomic E-state index is -0.802. The molecule has 7 nitrogen and oxygen atoms in total. The Kier molecular flexibility index (Phi) is 7.54. The third-order valence-corrected chi connectivity index (χ3v) is 2.44. The van der Waals surface area contributed by atoms with Crippen LogP contribution >= 0.6 is 0 Å². The highest BCUT2D eigenvalue weighted by atomic mass is 16.5. The Morgan fingerprint density at radius 1 is 1.41 bits per heavy atom. The Labute approximate surface area is 129 Å². The predicted molar refractivity (Wildman–Crippen MR) is 80.9 cm³/mol. The van der Waals surface area contributed by atoms with Gasteiger partial charge in [0, 0.05) is 5.56 Å². The summed E-state index contributed by atoms with van der Waals surface area (Å²) in [6, 6.07) is 6.35. The first kappa shape index (κ1) is 17.6. The molecule has 0 aliphatic carbocycles. The molecule has 0 spiro atoms. The molecule has 0 bridgehead atoms. The summed E-state index contributed by atoms with van der Waals surface area (Å²) in [6.45, 7) is -0.0689. The number of hydrogen-bond donors (Lipinski definition) is 3. The molecule has 1 unspecified atom stereocenters. The van der Waals surface area contributed by atoms with Crippen LogP contribution in [0, 0.1) is 11.7 Å². The Morgan fingerprint density at radius 3 is 2.86 bits per heavy atom. The van der Waals surface area contributed by atoms with E-state index >= 15 is 0 Å². The third-order valence-electron chi connectivity index (χ3n) is 2.44. The molecule has 114 valence electrons. The topological polar surface area (TPSA) is 117 Å². The van der Waals surface area contributed by atoms with Crippen LogP contribution < -0.4 is 21.5 Å². The third kappa shape index (κ3) is 6.79. The summed E-state index contributed by atoms with van der Waals surface area (Å²) in [5, 5.41) is 2.47. The summed E-state index contributed by atoms with van der Waals surface area (Å²) in [4.78, 5) is 22.4. The van der Waals surface area contributed by atoms with Crippen LogP contribution in [0.1, 0.15) is 10.4 Å². The van der Waals surface area contributed by atoms with Gasteiger partial charge in [-0.05, 0) is 18.2 Å². The lowest BCUT2D eigenvalue weighted by molar-refractivity contribution is -0.127. The molecule has 5 N–H and O–H groups in total. The average Bonchev–Trinajstić information content (AvgIpc) is 2.51. The molecule has 0 aliphatic heterocycles. The van der Waals surface area contributed by atoms with Crippen LogP contribution in [-0.2, 0) is 9.53 Å². The van der Waals surface area contributed by atoms with Gasteiger partial charge in [0.1, 0.15) is 25.2 Å². The SMILES string of the molecule is [B]C#CCNC(=O)COC(N)COc1cccc(C(N)=O)c1. The second-order valence-corrected chi connectivity index (χ2v) is 4.15. The number of primary amides is 1. The van der Waals surface area contributed by atoms with Crippen LogP contribution in [-0.4, -0.2) is 45.6 Å². The second-order valence-electron chi connectivity index (χ2n) is 4.15. The van der Waals surface area contributed by atoms with E-state index < -0.39 is 12.1 Å². The Morgan fingerprint density at radius 2 is 2.18 bits per heavy atom. The van der Waals surface area contributed by atoms with Gasteiger partial charge in [-0.3, -0.25) is 9.59 Å². The van der Waals surface area contributed by atoms with E-state index in [-0.39, 0.29) is 25.7 Å². The van der Waals surface area contributed by atoms with Gasteiger partial charge in [-0.2, -0.15) is 5.82 Å². The highest BCUT2D eigenvalue weighted by molar-refractivity contribution is 6.22. The summed E-state index contributed by atoms with van der Waals surface area (Å²) in [6.07, 6.45) is -0.802. The number of amides is 2. The largest absolute Gasteiger partial charge is 0.489 e. The summed E-state index contributed by atoms with van der Waals surface area (Å²) >= 11 is 0. The van der Waals surface area contributed by atoms with Crippen LogP contribution in [0.2, 0.25) is 0 Å². The normalized spacial score (nSPS) is 11.0. The van der Waals surface area contributed by atoms with E-state index in [1.54, 1.807) is 18.2 Å². The van der Waals surface area contributed by atoms with Crippen molar-refractivity contribution in [2.24, 2.45) is 11.5 Å². The molecular weight excluding hydrogens is 285 g/mol. The summed E-state index contributed by atoms with van der Waals surface area (Å²) in [7, 11) is 4.95. The molecule has 0 fully saturated rings. The van der Waals surface area contributed by atoms with Crippen LogP contribution in [0.25, 0.3) is 0 Å². The maximum atomic E-state index is 11.3. The number of carbonyl (C=O) groups is 2. The predicted octanol–water partition coefficient (Wildman–Crippen LogP) is -1.29. The van der Waals surface area contributed by atoms with Crippen molar-refractivity contribution < 1.29 is 19.1 Å². The van der Waals surface area contributed by atoms with Gasteiger partial charge < -0.3 is 26.3 Å². The zero-order chi connectivity index (χ0) is 16.4. The molecule has 1 atom stereocenters. The average molecular weight is 301 g/mol. The Balaban J connectivity index is 2.32. The lowest BCUT2D eigenvalue weighted by Gasteiger charge is -2.14. The van der Waals surface area contributed by atoms with Crippen molar-refractivity contribution in [3.63, 3.8) is 0 Å². The second kappa shape index (κ2) is 9.44. The lowest BCUT2D eigenvalue weighted by atomic mass is 10.2. The van der Waals surface area contributed by atoms with Gasteiger partial charge in [-0.1, -0.05) is 12.0 Å². The molecule has 0 aromatic heterocycles. The molecule has 1 aromatic rings. The first-order chi connectivity index (χ1) is 10.5.